The van der Waals surface area contributed by atoms with Gasteiger partial charge in [-0.15, -0.1) is 11.8 Å². The second kappa shape index (κ2) is 8.77. The number of nitrogens with zero attached hydrogens (tertiary/aromatic N) is 1. The highest BCUT2D eigenvalue weighted by atomic mass is 32.2. The van der Waals surface area contributed by atoms with E-state index in [1.165, 1.54) is 14.2 Å². The molecule has 0 aliphatic rings. The maximum atomic E-state index is 13.7. The van der Waals surface area contributed by atoms with Crippen molar-refractivity contribution in [3.8, 4) is 17.6 Å². The van der Waals surface area contributed by atoms with Crippen LogP contribution in [0, 0.1) is 40.4 Å². The fourth-order valence-corrected chi connectivity index (χ4v) is 2.88. The largest absolute Gasteiger partial charge is 0.493 e. The van der Waals surface area contributed by atoms with Crippen molar-refractivity contribution >= 4 is 17.8 Å². The SMILES string of the molecule is COc1ccc(CS/C(C#N)=C/c2c(F)c(F)c(F)c(F)c2F)cc1OC. The molecule has 9 heteroatoms. The minimum absolute atomic E-state index is 0.190. The number of allylic oxidation sites excluding steroid dienone is 1. The van der Waals surface area contributed by atoms with E-state index in [0.717, 1.165) is 11.8 Å². The molecule has 27 heavy (non-hydrogen) atoms. The molecule has 0 heterocycles. The molecule has 0 radical (unpaired) electrons. The molecule has 0 spiro atoms. The first kappa shape index (κ1) is 20.6. The molecule has 142 valence electrons. The van der Waals surface area contributed by atoms with E-state index in [2.05, 4.69) is 0 Å². The van der Waals surface area contributed by atoms with Crippen LogP contribution in [0.5, 0.6) is 11.5 Å². The zero-order valence-corrected chi connectivity index (χ0v) is 14.9. The summed E-state index contributed by atoms with van der Waals surface area (Å²) in [5.41, 5.74) is -0.473. The van der Waals surface area contributed by atoms with Gasteiger partial charge in [0.2, 0.25) is 5.82 Å². The third kappa shape index (κ3) is 4.34. The average molecular weight is 401 g/mol. The highest BCUT2D eigenvalue weighted by Crippen LogP contribution is 2.32. The first-order chi connectivity index (χ1) is 12.8. The summed E-state index contributed by atoms with van der Waals surface area (Å²) in [6.45, 7) is 0. The van der Waals surface area contributed by atoms with Gasteiger partial charge >= 0.3 is 0 Å². The van der Waals surface area contributed by atoms with Crippen molar-refractivity contribution < 1.29 is 31.4 Å². The smallest absolute Gasteiger partial charge is 0.200 e. The maximum absolute atomic E-state index is 13.7. The monoisotopic (exact) mass is 401 g/mol. The van der Waals surface area contributed by atoms with Crippen LogP contribution < -0.4 is 9.47 Å². The lowest BCUT2D eigenvalue weighted by Gasteiger charge is -2.09. The van der Waals surface area contributed by atoms with Gasteiger partial charge in [-0.05, 0) is 23.8 Å². The van der Waals surface area contributed by atoms with E-state index in [1.807, 2.05) is 0 Å². The summed E-state index contributed by atoms with van der Waals surface area (Å²) in [5.74, 6) is -9.25. The normalized spacial score (nSPS) is 11.3. The van der Waals surface area contributed by atoms with Crippen LogP contribution >= 0.6 is 11.8 Å². The number of thioether (sulfide) groups is 1. The molecule has 3 nitrogen and oxygen atoms in total. The molecule has 2 aromatic rings. The van der Waals surface area contributed by atoms with E-state index in [1.54, 1.807) is 24.3 Å². The van der Waals surface area contributed by atoms with Crippen LogP contribution in [0.3, 0.4) is 0 Å². The van der Waals surface area contributed by atoms with Gasteiger partial charge in [0.25, 0.3) is 0 Å². The molecule has 0 aromatic heterocycles. The number of halogens is 5. The van der Waals surface area contributed by atoms with E-state index in [0.29, 0.717) is 23.1 Å². The predicted molar refractivity (Wildman–Crippen MR) is 90.7 cm³/mol. The van der Waals surface area contributed by atoms with Crippen LogP contribution in [0.4, 0.5) is 22.0 Å². The summed E-state index contributed by atoms with van der Waals surface area (Å²) in [6, 6.07) is 6.63. The number of ether oxygens (including phenoxy) is 2. The Bertz CT molecular complexity index is 911. The van der Waals surface area contributed by atoms with Crippen molar-refractivity contribution in [1.82, 2.24) is 0 Å². The first-order valence-corrected chi connectivity index (χ1v) is 8.29. The summed E-state index contributed by atoms with van der Waals surface area (Å²) < 4.78 is 77.3. The summed E-state index contributed by atoms with van der Waals surface area (Å²) >= 11 is 0.867. The van der Waals surface area contributed by atoms with E-state index in [4.69, 9.17) is 14.7 Å². The molecule has 0 saturated carbocycles. The van der Waals surface area contributed by atoms with Crippen molar-refractivity contribution in [2.75, 3.05) is 14.2 Å². The lowest BCUT2D eigenvalue weighted by atomic mass is 10.1. The fraction of sp³-hybridized carbons (Fsp3) is 0.167. The van der Waals surface area contributed by atoms with Gasteiger partial charge < -0.3 is 9.47 Å². The Labute approximate surface area is 156 Å². The van der Waals surface area contributed by atoms with E-state index >= 15 is 0 Å². The number of hydrogen-bond acceptors (Lipinski definition) is 4. The molecule has 0 atom stereocenters. The van der Waals surface area contributed by atoms with Gasteiger partial charge in [-0.2, -0.15) is 5.26 Å². The van der Waals surface area contributed by atoms with Crippen LogP contribution in [0.25, 0.3) is 6.08 Å². The fourth-order valence-electron chi connectivity index (χ4n) is 2.12. The lowest BCUT2D eigenvalue weighted by molar-refractivity contribution is 0.354. The lowest BCUT2D eigenvalue weighted by Crippen LogP contribution is -2.04. The first-order valence-electron chi connectivity index (χ1n) is 7.30. The Morgan fingerprint density at radius 1 is 0.963 bits per heavy atom. The van der Waals surface area contributed by atoms with E-state index in [-0.39, 0.29) is 10.7 Å². The third-order valence-corrected chi connectivity index (χ3v) is 4.47. The van der Waals surface area contributed by atoms with Crippen molar-refractivity contribution in [3.05, 3.63) is 63.3 Å². The maximum Gasteiger partial charge on any atom is 0.200 e. The summed E-state index contributed by atoms with van der Waals surface area (Å²) in [6.07, 6.45) is 0.627. The Balaban J connectivity index is 2.30. The Kier molecular flexibility index (Phi) is 6.69. The molecule has 2 aromatic carbocycles. The Morgan fingerprint density at radius 3 is 2.04 bits per heavy atom. The van der Waals surface area contributed by atoms with Crippen LogP contribution in [-0.4, -0.2) is 14.2 Å². The van der Waals surface area contributed by atoms with Crippen LogP contribution in [-0.2, 0) is 5.75 Å². The molecular weight excluding hydrogens is 389 g/mol. The van der Waals surface area contributed by atoms with Gasteiger partial charge in [-0.1, -0.05) is 6.07 Å². The second-order valence-electron chi connectivity index (χ2n) is 5.08. The van der Waals surface area contributed by atoms with Crippen molar-refractivity contribution in [3.63, 3.8) is 0 Å². The second-order valence-corrected chi connectivity index (χ2v) is 6.10. The quantitative estimate of drug-likeness (QED) is 0.289. The number of methoxy groups -OCH3 is 2. The molecule has 0 fully saturated rings. The molecular formula is C18H12F5NO2S. The topological polar surface area (TPSA) is 42.2 Å². The van der Waals surface area contributed by atoms with Gasteiger partial charge in [0.15, 0.2) is 34.8 Å². The third-order valence-electron chi connectivity index (χ3n) is 3.47. The van der Waals surface area contributed by atoms with Gasteiger partial charge in [0.1, 0.15) is 6.07 Å². The van der Waals surface area contributed by atoms with Crippen molar-refractivity contribution in [2.45, 2.75) is 5.75 Å². The summed E-state index contributed by atoms with van der Waals surface area (Å²) in [7, 11) is 2.91. The number of nitriles is 1. The number of rotatable bonds is 6. The number of hydrogen-bond donors (Lipinski definition) is 0. The minimum atomic E-state index is -2.25. The molecule has 0 amide bonds. The van der Waals surface area contributed by atoms with Crippen molar-refractivity contribution in [1.29, 1.82) is 5.26 Å². The molecule has 0 unspecified atom stereocenters. The highest BCUT2D eigenvalue weighted by molar-refractivity contribution is 8.02. The summed E-state index contributed by atoms with van der Waals surface area (Å²) in [5, 5.41) is 9.13. The standard InChI is InChI=1S/C18H12F5NO2S/c1-25-12-4-3-9(5-13(12)26-2)8-27-10(7-24)6-11-14(19)16(21)18(23)17(22)15(11)20/h3-6H,8H2,1-2H3/b10-6+. The van der Waals surface area contributed by atoms with E-state index < -0.39 is 34.6 Å². The highest BCUT2D eigenvalue weighted by Gasteiger charge is 2.24. The van der Waals surface area contributed by atoms with Crippen LogP contribution in [0.2, 0.25) is 0 Å². The van der Waals surface area contributed by atoms with Gasteiger partial charge in [0, 0.05) is 5.75 Å². The molecule has 0 saturated heterocycles. The predicted octanol–water partition coefficient (Wildman–Crippen LogP) is 5.20. The molecule has 2 rings (SSSR count). The average Bonchev–Trinajstić information content (AvgIpc) is 2.70. The Hall–Kier alpha value is -2.73. The molecule has 0 N–H and O–H groups in total. The zero-order chi connectivity index (χ0) is 20.1. The van der Waals surface area contributed by atoms with Gasteiger partial charge in [-0.25, -0.2) is 22.0 Å². The molecule has 0 aliphatic carbocycles. The zero-order valence-electron chi connectivity index (χ0n) is 14.1. The molecule has 0 aliphatic heterocycles. The summed E-state index contributed by atoms with van der Waals surface area (Å²) in [4.78, 5) is -0.229. The van der Waals surface area contributed by atoms with Crippen LogP contribution in [0.1, 0.15) is 11.1 Å². The van der Waals surface area contributed by atoms with Crippen molar-refractivity contribution in [2.24, 2.45) is 0 Å². The van der Waals surface area contributed by atoms with E-state index in [9.17, 15) is 22.0 Å². The molecule has 0 bridgehead atoms. The van der Waals surface area contributed by atoms with Gasteiger partial charge in [0.05, 0.1) is 24.7 Å². The number of benzene rings is 2. The van der Waals surface area contributed by atoms with Gasteiger partial charge in [-0.3, -0.25) is 0 Å². The van der Waals surface area contributed by atoms with Crippen LogP contribution in [0.15, 0.2) is 23.1 Å². The Morgan fingerprint density at radius 2 is 1.52 bits per heavy atom. The minimum Gasteiger partial charge on any atom is -0.493 e.